The van der Waals surface area contributed by atoms with E-state index in [4.69, 9.17) is 4.74 Å². The number of ether oxygens (including phenoxy) is 1. The van der Waals surface area contributed by atoms with Gasteiger partial charge in [-0.25, -0.2) is 4.99 Å². The van der Waals surface area contributed by atoms with Gasteiger partial charge in [0.1, 0.15) is 5.75 Å². The number of aliphatic imine (C=N–C) groups is 2. The Bertz CT molecular complexity index is 969. The van der Waals surface area contributed by atoms with Crippen LogP contribution in [0.5, 0.6) is 5.75 Å². The molecule has 0 aromatic heterocycles. The second kappa shape index (κ2) is 12.3. The zero-order valence-electron chi connectivity index (χ0n) is 19.3. The highest BCUT2D eigenvalue weighted by Gasteiger charge is 2.10. The number of amidine groups is 1. The number of hydrogen-bond acceptors (Lipinski definition) is 6. The smallest absolute Gasteiger partial charge is 0.195 e. The van der Waals surface area contributed by atoms with E-state index in [0.717, 1.165) is 60.0 Å². The molecule has 0 bridgehead atoms. The number of nitrogens with one attached hydrogen (secondary N) is 2. The van der Waals surface area contributed by atoms with E-state index in [2.05, 4.69) is 75.9 Å². The lowest BCUT2D eigenvalue weighted by Gasteiger charge is -2.18. The zero-order valence-corrected chi connectivity index (χ0v) is 20.1. The van der Waals surface area contributed by atoms with Crippen molar-refractivity contribution in [3.05, 3.63) is 58.7 Å². The van der Waals surface area contributed by atoms with Gasteiger partial charge in [0.2, 0.25) is 0 Å². The molecule has 2 aromatic carbocycles. The summed E-state index contributed by atoms with van der Waals surface area (Å²) >= 11 is 1.33. The number of nitrogens with zero attached hydrogens (tertiary/aromatic N) is 3. The normalized spacial score (nSPS) is 13.8. The van der Waals surface area contributed by atoms with Crippen LogP contribution in [0, 0.1) is 13.8 Å². The number of benzene rings is 2. The molecule has 2 aromatic rings. The van der Waals surface area contributed by atoms with Gasteiger partial charge in [0.25, 0.3) is 0 Å². The Hall–Kier alpha value is -2.80. The zero-order chi connectivity index (χ0) is 22.8. The van der Waals surface area contributed by atoms with Crippen molar-refractivity contribution < 1.29 is 4.74 Å². The largest absolute Gasteiger partial charge is 0.481 e. The molecule has 0 spiro atoms. The molecule has 0 radical (unpaired) electrons. The molecule has 7 heteroatoms. The number of guanidine groups is 1. The summed E-state index contributed by atoms with van der Waals surface area (Å²) in [6.07, 6.45) is 4.58. The first-order valence-electron chi connectivity index (χ1n) is 11.2. The van der Waals surface area contributed by atoms with Crippen LogP contribution in [0.4, 0.5) is 5.69 Å². The van der Waals surface area contributed by atoms with E-state index in [0.29, 0.717) is 11.8 Å². The van der Waals surface area contributed by atoms with Crippen LogP contribution in [0.3, 0.4) is 0 Å². The van der Waals surface area contributed by atoms with Gasteiger partial charge < -0.3 is 15.4 Å². The number of aryl methyl sites for hydroxylation is 3. The molecule has 0 fully saturated rings. The van der Waals surface area contributed by atoms with E-state index >= 15 is 0 Å². The fourth-order valence-electron chi connectivity index (χ4n) is 3.38. The highest BCUT2D eigenvalue weighted by molar-refractivity contribution is 7.98. The van der Waals surface area contributed by atoms with E-state index in [1.54, 1.807) is 0 Å². The first kappa shape index (κ1) is 23.9. The Morgan fingerprint density at radius 2 is 2.03 bits per heavy atom. The second-order valence-electron chi connectivity index (χ2n) is 7.83. The molecular formula is C25H33N5OS. The minimum atomic E-state index is 0.398. The summed E-state index contributed by atoms with van der Waals surface area (Å²) < 4.78 is 10.5. The van der Waals surface area contributed by atoms with Crippen LogP contribution in [0.15, 0.2) is 50.8 Å². The summed E-state index contributed by atoms with van der Waals surface area (Å²) in [6.45, 7) is 11.8. The van der Waals surface area contributed by atoms with Crippen LogP contribution in [0.2, 0.25) is 0 Å². The van der Waals surface area contributed by atoms with Gasteiger partial charge in [-0.1, -0.05) is 37.6 Å². The Balaban J connectivity index is 1.56. The van der Waals surface area contributed by atoms with Gasteiger partial charge in [0.05, 0.1) is 0 Å². The molecule has 32 heavy (non-hydrogen) atoms. The van der Waals surface area contributed by atoms with E-state index in [9.17, 15) is 0 Å². The van der Waals surface area contributed by atoms with Crippen molar-refractivity contribution in [2.24, 2.45) is 14.4 Å². The van der Waals surface area contributed by atoms with Gasteiger partial charge in [0, 0.05) is 36.3 Å². The molecule has 0 unspecified atom stereocenters. The monoisotopic (exact) mass is 451 g/mol. The molecule has 1 aliphatic heterocycles. The fraction of sp³-hybridized carbons (Fsp3) is 0.400. The molecule has 0 saturated heterocycles. The average Bonchev–Trinajstić information content (AvgIpc) is 2.82. The molecule has 1 aliphatic rings. The quantitative estimate of drug-likeness (QED) is 0.173. The van der Waals surface area contributed by atoms with Crippen LogP contribution >= 0.6 is 11.9 Å². The predicted octanol–water partition coefficient (Wildman–Crippen LogP) is 5.54. The topological polar surface area (TPSA) is 70.4 Å². The van der Waals surface area contributed by atoms with E-state index in [1.165, 1.54) is 30.4 Å². The number of rotatable bonds is 9. The maximum absolute atomic E-state index is 5.98. The molecule has 170 valence electrons. The maximum atomic E-state index is 5.98. The molecule has 2 N–H and O–H groups in total. The van der Waals surface area contributed by atoms with Crippen LogP contribution in [-0.4, -0.2) is 37.5 Å². The van der Waals surface area contributed by atoms with Crippen molar-refractivity contribution in [1.29, 1.82) is 0 Å². The Morgan fingerprint density at radius 3 is 2.72 bits per heavy atom. The third-order valence-corrected chi connectivity index (χ3v) is 5.80. The summed E-state index contributed by atoms with van der Waals surface area (Å²) in [5.74, 6) is 2.70. The van der Waals surface area contributed by atoms with Crippen LogP contribution in [-0.2, 0) is 6.42 Å². The van der Waals surface area contributed by atoms with Gasteiger partial charge in [-0.2, -0.15) is 4.40 Å². The molecule has 0 amide bonds. The van der Waals surface area contributed by atoms with Crippen LogP contribution in [0.25, 0.3) is 0 Å². The summed E-state index contributed by atoms with van der Waals surface area (Å²) in [7, 11) is 0. The Morgan fingerprint density at radius 1 is 1.22 bits per heavy atom. The molecular weight excluding hydrogens is 418 g/mol. The fourth-order valence-corrected chi connectivity index (χ4v) is 3.89. The lowest BCUT2D eigenvalue weighted by atomic mass is 10.1. The molecule has 1 heterocycles. The second-order valence-corrected chi connectivity index (χ2v) is 8.51. The average molecular weight is 452 g/mol. The van der Waals surface area contributed by atoms with Crippen molar-refractivity contribution in [2.75, 3.05) is 24.3 Å². The van der Waals surface area contributed by atoms with Gasteiger partial charge in [-0.15, -0.1) is 0 Å². The van der Waals surface area contributed by atoms with Crippen molar-refractivity contribution in [3.63, 3.8) is 0 Å². The number of unbranched alkanes of at least 4 members (excludes halogenated alkanes) is 1. The lowest BCUT2D eigenvalue weighted by Crippen LogP contribution is -2.35. The molecule has 0 aliphatic carbocycles. The third-order valence-electron chi connectivity index (χ3n) is 5.27. The minimum absolute atomic E-state index is 0.398. The van der Waals surface area contributed by atoms with Crippen molar-refractivity contribution in [2.45, 2.75) is 46.5 Å². The van der Waals surface area contributed by atoms with E-state index in [-0.39, 0.29) is 0 Å². The van der Waals surface area contributed by atoms with Gasteiger partial charge in [-0.3, -0.25) is 4.99 Å². The van der Waals surface area contributed by atoms with Gasteiger partial charge in [0.15, 0.2) is 17.7 Å². The first-order chi connectivity index (χ1) is 15.6. The van der Waals surface area contributed by atoms with Crippen LogP contribution < -0.4 is 15.4 Å². The molecule has 6 nitrogen and oxygen atoms in total. The predicted molar refractivity (Wildman–Crippen MR) is 139 cm³/mol. The molecule has 0 saturated carbocycles. The molecule has 0 atom stereocenters. The summed E-state index contributed by atoms with van der Waals surface area (Å²) in [6, 6.07) is 12.5. The highest BCUT2D eigenvalue weighted by atomic mass is 32.2. The SMILES string of the molecule is C=N/C(=N\SCOc1cc(C)c(NC2=NCCCN2)cc1C)c1ccc(CCCC)cc1. The summed E-state index contributed by atoms with van der Waals surface area (Å²) in [5, 5.41) is 6.66. The number of hydrogen-bond donors (Lipinski definition) is 2. The van der Waals surface area contributed by atoms with Gasteiger partial charge in [-0.05, 0) is 68.7 Å². The first-order valence-corrected chi connectivity index (χ1v) is 12.1. The highest BCUT2D eigenvalue weighted by Crippen LogP contribution is 2.27. The van der Waals surface area contributed by atoms with Gasteiger partial charge >= 0.3 is 0 Å². The van der Waals surface area contributed by atoms with Crippen molar-refractivity contribution >= 4 is 36.1 Å². The van der Waals surface area contributed by atoms with Crippen molar-refractivity contribution in [1.82, 2.24) is 5.32 Å². The van der Waals surface area contributed by atoms with Crippen molar-refractivity contribution in [3.8, 4) is 5.75 Å². The third kappa shape index (κ3) is 6.85. The Labute approximate surface area is 195 Å². The number of anilines is 1. The summed E-state index contributed by atoms with van der Waals surface area (Å²) in [4.78, 5) is 8.57. The van der Waals surface area contributed by atoms with E-state index < -0.39 is 0 Å². The molecule has 3 rings (SSSR count). The standard InChI is InChI=1S/C25H33N5OS/c1-5-6-8-20-9-11-21(12-10-20)24(26-4)30-32-17-31-23-16-18(2)22(15-19(23)3)29-25-27-13-7-14-28-25/h9-12,15-16H,4-8,13-14,17H2,1-3H3,(H2,27,28,29)/b30-24-. The van der Waals surface area contributed by atoms with E-state index in [1.807, 2.05) is 13.0 Å². The van der Waals surface area contributed by atoms with Crippen LogP contribution in [0.1, 0.15) is 48.4 Å². The minimum Gasteiger partial charge on any atom is -0.481 e. The maximum Gasteiger partial charge on any atom is 0.195 e. The lowest BCUT2D eigenvalue weighted by molar-refractivity contribution is 0.390. The Kier molecular flexibility index (Phi) is 9.16. The summed E-state index contributed by atoms with van der Waals surface area (Å²) in [5.41, 5.74) is 5.50.